The van der Waals surface area contributed by atoms with Crippen LogP contribution in [0, 0.1) is 5.92 Å². The van der Waals surface area contributed by atoms with Gasteiger partial charge in [-0.3, -0.25) is 9.59 Å². The smallest absolute Gasteiger partial charge is 0.327 e. The van der Waals surface area contributed by atoms with E-state index < -0.39 is 5.97 Å². The number of hydrogen-bond donors (Lipinski definition) is 1. The highest BCUT2D eigenvalue weighted by atomic mass is 32.2. The lowest BCUT2D eigenvalue weighted by Gasteiger charge is -2.04. The molecule has 1 saturated carbocycles. The lowest BCUT2D eigenvalue weighted by Crippen LogP contribution is -2.27. The van der Waals surface area contributed by atoms with E-state index in [0.717, 1.165) is 6.54 Å². The lowest BCUT2D eigenvalue weighted by molar-refractivity contribution is -0.141. The van der Waals surface area contributed by atoms with Crippen LogP contribution in [0.5, 0.6) is 0 Å². The van der Waals surface area contributed by atoms with Crippen LogP contribution in [0.1, 0.15) is 12.8 Å². The molecule has 1 aliphatic carbocycles. The van der Waals surface area contributed by atoms with Crippen molar-refractivity contribution in [2.45, 2.75) is 24.5 Å². The van der Waals surface area contributed by atoms with E-state index in [1.54, 1.807) is 0 Å². The van der Waals surface area contributed by atoms with E-state index in [1.165, 1.54) is 36.4 Å². The number of amides is 1. The molecule has 1 N–H and O–H groups in total. The quantitative estimate of drug-likeness (QED) is 0.531. The van der Waals surface area contributed by atoms with Gasteiger partial charge in [0.2, 0.25) is 11.1 Å². The molecule has 19 heavy (non-hydrogen) atoms. The highest BCUT2D eigenvalue weighted by Gasteiger charge is 2.21. The number of ether oxygens (including phenoxy) is 1. The second kappa shape index (κ2) is 6.50. The first kappa shape index (κ1) is 13.8. The van der Waals surface area contributed by atoms with Gasteiger partial charge < -0.3 is 10.1 Å². The minimum absolute atomic E-state index is 0.0514. The van der Waals surface area contributed by atoms with Crippen LogP contribution in [0.25, 0.3) is 0 Å². The maximum Gasteiger partial charge on any atom is 0.327 e. The Kier molecular flexibility index (Phi) is 4.72. The summed E-state index contributed by atoms with van der Waals surface area (Å²) in [5, 5.41) is 14.2. The molecular formula is C10H15N5O3S. The fourth-order valence-electron chi connectivity index (χ4n) is 1.35. The van der Waals surface area contributed by atoms with Crippen LogP contribution in [-0.2, 0) is 20.9 Å². The third-order valence-corrected chi connectivity index (χ3v) is 3.58. The number of rotatable bonds is 7. The number of methoxy groups -OCH3 is 1. The molecule has 0 saturated heterocycles. The summed E-state index contributed by atoms with van der Waals surface area (Å²) in [6.45, 7) is 0.683. The van der Waals surface area contributed by atoms with Gasteiger partial charge >= 0.3 is 5.97 Å². The van der Waals surface area contributed by atoms with Gasteiger partial charge in [-0.25, -0.2) is 4.68 Å². The molecule has 2 rings (SSSR count). The topological polar surface area (TPSA) is 99.0 Å². The fraction of sp³-hybridized carbons (Fsp3) is 0.700. The van der Waals surface area contributed by atoms with Gasteiger partial charge in [0.05, 0.1) is 12.9 Å². The van der Waals surface area contributed by atoms with Crippen molar-refractivity contribution in [3.8, 4) is 0 Å². The number of aromatic nitrogens is 4. The van der Waals surface area contributed by atoms with E-state index in [0.29, 0.717) is 11.1 Å². The molecule has 0 aliphatic heterocycles. The zero-order valence-corrected chi connectivity index (χ0v) is 11.4. The number of thioether (sulfide) groups is 1. The van der Waals surface area contributed by atoms with Crippen molar-refractivity contribution in [1.29, 1.82) is 0 Å². The Morgan fingerprint density at radius 1 is 1.53 bits per heavy atom. The third-order valence-electron chi connectivity index (χ3n) is 2.62. The Bertz CT molecular complexity index is 460. The average molecular weight is 285 g/mol. The first-order chi connectivity index (χ1) is 9.19. The summed E-state index contributed by atoms with van der Waals surface area (Å²) in [6, 6.07) is 0. The number of esters is 1. The van der Waals surface area contributed by atoms with Gasteiger partial charge in [0.1, 0.15) is 6.54 Å². The molecule has 0 aromatic carbocycles. The minimum Gasteiger partial charge on any atom is -0.468 e. The Hall–Kier alpha value is -1.64. The molecule has 1 amide bonds. The number of carbonyl (C=O) groups is 2. The molecule has 1 aliphatic rings. The maximum absolute atomic E-state index is 11.6. The highest BCUT2D eigenvalue weighted by molar-refractivity contribution is 7.99. The Balaban J connectivity index is 1.76. The summed E-state index contributed by atoms with van der Waals surface area (Å²) in [5.74, 6) is 0.393. The summed E-state index contributed by atoms with van der Waals surface area (Å²) in [5.41, 5.74) is 0. The normalized spacial score (nSPS) is 14.2. The molecule has 0 spiro atoms. The monoisotopic (exact) mass is 285 g/mol. The summed E-state index contributed by atoms with van der Waals surface area (Å²) >= 11 is 1.19. The second-order valence-electron chi connectivity index (χ2n) is 4.23. The number of tetrazole rings is 1. The van der Waals surface area contributed by atoms with E-state index >= 15 is 0 Å². The lowest BCUT2D eigenvalue weighted by atomic mass is 10.4. The third kappa shape index (κ3) is 4.51. The van der Waals surface area contributed by atoms with Crippen LogP contribution < -0.4 is 5.32 Å². The zero-order chi connectivity index (χ0) is 13.7. The molecular weight excluding hydrogens is 270 g/mol. The van der Waals surface area contributed by atoms with Gasteiger partial charge in [0.15, 0.2) is 0 Å². The van der Waals surface area contributed by atoms with E-state index in [-0.39, 0.29) is 18.2 Å². The number of nitrogens with one attached hydrogen (secondary N) is 1. The van der Waals surface area contributed by atoms with E-state index in [2.05, 4.69) is 25.6 Å². The standard InChI is InChI=1S/C10H15N5O3S/c1-18-9(17)5-15-10(12-13-14-15)19-6-8(16)11-4-7-2-3-7/h7H,2-6H2,1H3,(H,11,16). The van der Waals surface area contributed by atoms with E-state index in [4.69, 9.17) is 0 Å². The van der Waals surface area contributed by atoms with Crippen molar-refractivity contribution in [3.63, 3.8) is 0 Å². The van der Waals surface area contributed by atoms with Crippen molar-refractivity contribution in [2.24, 2.45) is 5.92 Å². The summed E-state index contributed by atoms with van der Waals surface area (Å²) in [6.07, 6.45) is 2.40. The van der Waals surface area contributed by atoms with Crippen molar-refractivity contribution in [3.05, 3.63) is 0 Å². The highest BCUT2D eigenvalue weighted by Crippen LogP contribution is 2.27. The van der Waals surface area contributed by atoms with Crippen molar-refractivity contribution >= 4 is 23.6 Å². The molecule has 0 bridgehead atoms. The molecule has 1 aromatic heterocycles. The number of hydrogen-bond acceptors (Lipinski definition) is 7. The van der Waals surface area contributed by atoms with Crippen LogP contribution in [0.4, 0.5) is 0 Å². The molecule has 1 fully saturated rings. The van der Waals surface area contributed by atoms with Gasteiger partial charge in [-0.1, -0.05) is 11.8 Å². The SMILES string of the molecule is COC(=O)Cn1nnnc1SCC(=O)NCC1CC1. The molecule has 0 unspecified atom stereocenters. The molecule has 0 radical (unpaired) electrons. The first-order valence-corrected chi connectivity index (χ1v) is 6.90. The average Bonchev–Trinajstić information content (AvgIpc) is 3.14. The number of carbonyl (C=O) groups excluding carboxylic acids is 2. The van der Waals surface area contributed by atoms with Gasteiger partial charge in [0, 0.05) is 6.54 Å². The number of nitrogens with zero attached hydrogens (tertiary/aromatic N) is 4. The predicted molar refractivity (Wildman–Crippen MR) is 66.3 cm³/mol. The van der Waals surface area contributed by atoms with Gasteiger partial charge in [-0.15, -0.1) is 5.10 Å². The predicted octanol–water partition coefficient (Wildman–Crippen LogP) is -0.536. The molecule has 104 valence electrons. The van der Waals surface area contributed by atoms with Crippen LogP contribution in [0.2, 0.25) is 0 Å². The molecule has 0 atom stereocenters. The Morgan fingerprint density at radius 3 is 3.00 bits per heavy atom. The van der Waals surface area contributed by atoms with Crippen LogP contribution in [0.3, 0.4) is 0 Å². The summed E-state index contributed by atoms with van der Waals surface area (Å²) in [7, 11) is 1.30. The zero-order valence-electron chi connectivity index (χ0n) is 10.5. The van der Waals surface area contributed by atoms with Gasteiger partial charge in [0.25, 0.3) is 0 Å². The van der Waals surface area contributed by atoms with Crippen molar-refractivity contribution < 1.29 is 14.3 Å². The molecule has 1 heterocycles. The molecule has 9 heteroatoms. The molecule has 8 nitrogen and oxygen atoms in total. The van der Waals surface area contributed by atoms with Crippen LogP contribution in [0.15, 0.2) is 5.16 Å². The summed E-state index contributed by atoms with van der Waals surface area (Å²) < 4.78 is 5.84. The Labute approximate surface area is 114 Å². The van der Waals surface area contributed by atoms with Crippen molar-refractivity contribution in [1.82, 2.24) is 25.5 Å². The van der Waals surface area contributed by atoms with E-state index in [1.807, 2.05) is 0 Å². The van der Waals surface area contributed by atoms with Gasteiger partial charge in [-0.2, -0.15) is 0 Å². The van der Waals surface area contributed by atoms with Crippen LogP contribution in [-0.4, -0.2) is 51.5 Å². The van der Waals surface area contributed by atoms with Gasteiger partial charge in [-0.05, 0) is 29.2 Å². The Morgan fingerprint density at radius 2 is 2.32 bits per heavy atom. The van der Waals surface area contributed by atoms with Crippen LogP contribution >= 0.6 is 11.8 Å². The fourth-order valence-corrected chi connectivity index (χ4v) is 2.05. The maximum atomic E-state index is 11.6. The summed E-state index contributed by atoms with van der Waals surface area (Å²) in [4.78, 5) is 22.7. The van der Waals surface area contributed by atoms with Crippen molar-refractivity contribution in [2.75, 3.05) is 19.4 Å². The molecule has 1 aromatic rings. The first-order valence-electron chi connectivity index (χ1n) is 5.91. The van der Waals surface area contributed by atoms with E-state index in [9.17, 15) is 9.59 Å². The largest absolute Gasteiger partial charge is 0.468 e. The second-order valence-corrected chi connectivity index (χ2v) is 5.17. The minimum atomic E-state index is -0.438.